The fraction of sp³-hybridized carbons (Fsp3) is 0.562. The van der Waals surface area contributed by atoms with Gasteiger partial charge >= 0.3 is 0 Å². The van der Waals surface area contributed by atoms with Crippen LogP contribution in [0.3, 0.4) is 0 Å². The lowest BCUT2D eigenvalue weighted by Gasteiger charge is -2.27. The summed E-state index contributed by atoms with van der Waals surface area (Å²) < 4.78 is 13.6. The van der Waals surface area contributed by atoms with E-state index in [1.165, 1.54) is 5.56 Å². The van der Waals surface area contributed by atoms with E-state index >= 15 is 0 Å². The van der Waals surface area contributed by atoms with Gasteiger partial charge in [0.25, 0.3) is 0 Å². The van der Waals surface area contributed by atoms with Crippen LogP contribution in [0.1, 0.15) is 17.8 Å². The maximum atomic E-state index is 5.94. The molecular weight excluding hydrogens is 288 g/mol. The van der Waals surface area contributed by atoms with Gasteiger partial charge in [-0.1, -0.05) is 6.07 Å². The van der Waals surface area contributed by atoms with Crippen LogP contribution in [-0.4, -0.2) is 41.4 Å². The predicted molar refractivity (Wildman–Crippen MR) is 84.1 cm³/mol. The Hall–Kier alpha value is -1.10. The first kappa shape index (κ1) is 14.8. The molecule has 114 valence electrons. The zero-order valence-electron chi connectivity index (χ0n) is 12.6. The largest absolute Gasteiger partial charge is 0.378 e. The summed E-state index contributed by atoms with van der Waals surface area (Å²) in [5, 5.41) is 0. The maximum absolute atomic E-state index is 5.94. The molecule has 1 unspecified atom stereocenters. The van der Waals surface area contributed by atoms with Crippen LogP contribution in [0, 0.1) is 6.92 Å². The van der Waals surface area contributed by atoms with Crippen LogP contribution in [0.15, 0.2) is 18.2 Å². The van der Waals surface area contributed by atoms with Crippen molar-refractivity contribution in [3.8, 4) is 0 Å². The first-order chi connectivity index (χ1) is 10.2. The van der Waals surface area contributed by atoms with Crippen LogP contribution >= 0.6 is 11.6 Å². The number of alkyl halides is 1. The summed E-state index contributed by atoms with van der Waals surface area (Å²) in [4.78, 5) is 4.73. The molecular formula is C16H21ClN2O2. The lowest BCUT2D eigenvalue weighted by atomic mass is 10.0. The average molecular weight is 309 g/mol. The summed E-state index contributed by atoms with van der Waals surface area (Å²) in [6.07, 6.45) is 1.67. The number of nitrogens with zero attached hydrogens (tertiary/aromatic N) is 2. The number of fused-ring (bicyclic) bond motifs is 1. The molecule has 1 fully saturated rings. The molecule has 1 aliphatic heterocycles. The third kappa shape index (κ3) is 2.80. The summed E-state index contributed by atoms with van der Waals surface area (Å²) in [6, 6.07) is 6.34. The Morgan fingerprint density at radius 3 is 3.00 bits per heavy atom. The van der Waals surface area contributed by atoms with Crippen molar-refractivity contribution in [3.05, 3.63) is 29.6 Å². The van der Waals surface area contributed by atoms with Crippen molar-refractivity contribution in [1.29, 1.82) is 0 Å². The molecule has 5 heteroatoms. The van der Waals surface area contributed by atoms with Crippen molar-refractivity contribution in [2.24, 2.45) is 0 Å². The SMILES string of the molecule is COC1(Cn2c(CCCl)nc3ccc(C)cc32)CCOC1. The summed E-state index contributed by atoms with van der Waals surface area (Å²) in [7, 11) is 1.76. The minimum absolute atomic E-state index is 0.252. The molecule has 1 aliphatic rings. The number of aromatic nitrogens is 2. The molecule has 4 nitrogen and oxygen atoms in total. The van der Waals surface area contributed by atoms with Crippen molar-refractivity contribution in [2.45, 2.75) is 31.9 Å². The van der Waals surface area contributed by atoms with Crippen LogP contribution in [-0.2, 0) is 22.4 Å². The number of rotatable bonds is 5. The van der Waals surface area contributed by atoms with Crippen LogP contribution in [0.4, 0.5) is 0 Å². The highest BCUT2D eigenvalue weighted by Gasteiger charge is 2.36. The lowest BCUT2D eigenvalue weighted by molar-refractivity contribution is -0.0292. The number of aryl methyl sites for hydroxylation is 2. The van der Waals surface area contributed by atoms with Crippen molar-refractivity contribution in [3.63, 3.8) is 0 Å². The fourth-order valence-electron chi connectivity index (χ4n) is 2.96. The van der Waals surface area contributed by atoms with Crippen molar-refractivity contribution in [2.75, 3.05) is 26.2 Å². The molecule has 2 aromatic rings. The number of methoxy groups -OCH3 is 1. The highest BCUT2D eigenvalue weighted by atomic mass is 35.5. The van der Waals surface area contributed by atoms with Gasteiger partial charge in [-0.05, 0) is 24.6 Å². The van der Waals surface area contributed by atoms with Gasteiger partial charge in [0.2, 0.25) is 0 Å². The molecule has 0 spiro atoms. The zero-order valence-corrected chi connectivity index (χ0v) is 13.3. The Kier molecular flexibility index (Phi) is 4.20. The lowest BCUT2D eigenvalue weighted by Crippen LogP contribution is -2.37. The van der Waals surface area contributed by atoms with Gasteiger partial charge < -0.3 is 14.0 Å². The van der Waals surface area contributed by atoms with Gasteiger partial charge in [0.15, 0.2) is 0 Å². The van der Waals surface area contributed by atoms with E-state index in [1.54, 1.807) is 7.11 Å². The van der Waals surface area contributed by atoms with Crippen molar-refractivity contribution >= 4 is 22.6 Å². The molecule has 1 aromatic heterocycles. The smallest absolute Gasteiger partial charge is 0.111 e. The molecule has 0 amide bonds. The second kappa shape index (κ2) is 5.95. The first-order valence-corrected chi connectivity index (χ1v) is 7.85. The van der Waals surface area contributed by atoms with Gasteiger partial charge in [0, 0.05) is 32.4 Å². The highest BCUT2D eigenvalue weighted by molar-refractivity contribution is 6.17. The molecule has 21 heavy (non-hydrogen) atoms. The van der Waals surface area contributed by atoms with Crippen LogP contribution in [0.5, 0.6) is 0 Å². The Morgan fingerprint density at radius 2 is 2.33 bits per heavy atom. The van der Waals surface area contributed by atoms with Gasteiger partial charge in [0.05, 0.1) is 24.2 Å². The quantitative estimate of drug-likeness (QED) is 0.797. The molecule has 0 N–H and O–H groups in total. The number of halogens is 1. The van der Waals surface area contributed by atoms with Gasteiger partial charge in [-0.25, -0.2) is 4.98 Å². The summed E-state index contributed by atoms with van der Waals surface area (Å²) in [5.74, 6) is 1.59. The number of ether oxygens (including phenoxy) is 2. The Morgan fingerprint density at radius 1 is 1.48 bits per heavy atom. The summed E-state index contributed by atoms with van der Waals surface area (Å²) in [6.45, 7) is 4.25. The Bertz CT molecular complexity index is 632. The third-order valence-corrected chi connectivity index (χ3v) is 4.44. The molecule has 3 rings (SSSR count). The van der Waals surface area contributed by atoms with Crippen LogP contribution in [0.2, 0.25) is 0 Å². The topological polar surface area (TPSA) is 36.3 Å². The molecule has 0 aliphatic carbocycles. The van der Waals surface area contributed by atoms with Crippen molar-refractivity contribution < 1.29 is 9.47 Å². The van der Waals surface area contributed by atoms with Crippen LogP contribution < -0.4 is 0 Å². The van der Waals surface area contributed by atoms with Gasteiger partial charge in [-0.2, -0.15) is 0 Å². The van der Waals surface area contributed by atoms with Gasteiger partial charge in [-0.15, -0.1) is 11.6 Å². The highest BCUT2D eigenvalue weighted by Crippen LogP contribution is 2.28. The Labute approximate surface area is 130 Å². The second-order valence-electron chi connectivity index (χ2n) is 5.74. The second-order valence-corrected chi connectivity index (χ2v) is 6.11. The standard InChI is InChI=1S/C16H21ClN2O2/c1-12-3-4-13-14(9-12)19(15(18-13)5-7-17)10-16(20-2)6-8-21-11-16/h3-4,9H,5-8,10-11H2,1-2H3. The van der Waals surface area contributed by atoms with Crippen LogP contribution in [0.25, 0.3) is 11.0 Å². The number of hydrogen-bond acceptors (Lipinski definition) is 3. The van der Waals surface area contributed by atoms with E-state index in [0.29, 0.717) is 12.5 Å². The molecule has 0 radical (unpaired) electrons. The molecule has 0 saturated carbocycles. The van der Waals surface area contributed by atoms with E-state index in [-0.39, 0.29) is 5.60 Å². The normalized spacial score (nSPS) is 22.2. The zero-order chi connectivity index (χ0) is 14.9. The Balaban J connectivity index is 2.05. The average Bonchev–Trinajstić information content (AvgIpc) is 3.07. The van der Waals surface area contributed by atoms with E-state index in [0.717, 1.165) is 42.9 Å². The summed E-state index contributed by atoms with van der Waals surface area (Å²) >= 11 is 5.94. The molecule has 1 saturated heterocycles. The van der Waals surface area contributed by atoms with E-state index < -0.39 is 0 Å². The fourth-order valence-corrected chi connectivity index (χ4v) is 3.13. The first-order valence-electron chi connectivity index (χ1n) is 7.32. The summed E-state index contributed by atoms with van der Waals surface area (Å²) in [5.41, 5.74) is 3.15. The molecule has 2 heterocycles. The molecule has 0 bridgehead atoms. The van der Waals surface area contributed by atoms with E-state index in [1.807, 2.05) is 0 Å². The third-order valence-electron chi connectivity index (χ3n) is 4.25. The van der Waals surface area contributed by atoms with Gasteiger partial charge in [0.1, 0.15) is 11.4 Å². The minimum atomic E-state index is -0.252. The van der Waals surface area contributed by atoms with Gasteiger partial charge in [-0.3, -0.25) is 0 Å². The van der Waals surface area contributed by atoms with E-state index in [9.17, 15) is 0 Å². The molecule has 1 aromatic carbocycles. The van der Waals surface area contributed by atoms with E-state index in [2.05, 4.69) is 29.7 Å². The minimum Gasteiger partial charge on any atom is -0.378 e. The van der Waals surface area contributed by atoms with Crippen molar-refractivity contribution in [1.82, 2.24) is 9.55 Å². The van der Waals surface area contributed by atoms with E-state index in [4.69, 9.17) is 26.1 Å². The number of imidazole rings is 1. The predicted octanol–water partition coefficient (Wildman–Crippen LogP) is 2.93. The number of benzene rings is 1. The maximum Gasteiger partial charge on any atom is 0.111 e. The molecule has 1 atom stereocenters. The number of hydrogen-bond donors (Lipinski definition) is 0. The monoisotopic (exact) mass is 308 g/mol.